The summed E-state index contributed by atoms with van der Waals surface area (Å²) in [6.07, 6.45) is 3.31. The van der Waals surface area contributed by atoms with Crippen LogP contribution in [0.3, 0.4) is 0 Å². The van der Waals surface area contributed by atoms with E-state index in [9.17, 15) is 10.1 Å². The van der Waals surface area contributed by atoms with Gasteiger partial charge in [0.25, 0.3) is 11.6 Å². The van der Waals surface area contributed by atoms with Crippen LogP contribution < -0.4 is 0 Å². The van der Waals surface area contributed by atoms with Gasteiger partial charge in [-0.05, 0) is 11.6 Å². The predicted molar refractivity (Wildman–Crippen MR) is 81.8 cm³/mol. The van der Waals surface area contributed by atoms with Gasteiger partial charge in [-0.2, -0.15) is 4.98 Å². The Balaban J connectivity index is 1.80. The highest BCUT2D eigenvalue weighted by Gasteiger charge is 2.06. The van der Waals surface area contributed by atoms with Crippen molar-refractivity contribution < 1.29 is 9.45 Å². The number of nitrogens with zero attached hydrogens (tertiary/aromatic N) is 3. The zero-order chi connectivity index (χ0) is 15.4. The molecule has 0 spiro atoms. The molecule has 2 aromatic carbocycles. The highest BCUT2D eigenvalue weighted by Crippen LogP contribution is 2.17. The van der Waals surface area contributed by atoms with E-state index >= 15 is 0 Å². The molecule has 0 atom stereocenters. The third kappa shape index (κ3) is 3.06. The molecule has 0 amide bonds. The van der Waals surface area contributed by atoms with Crippen LogP contribution in [0.4, 0.5) is 5.69 Å². The van der Waals surface area contributed by atoms with E-state index < -0.39 is 4.92 Å². The second-order valence-corrected chi connectivity index (χ2v) is 4.51. The van der Waals surface area contributed by atoms with Gasteiger partial charge < -0.3 is 4.52 Å². The maximum Gasteiger partial charge on any atom is 0.270 e. The van der Waals surface area contributed by atoms with Crippen LogP contribution in [-0.2, 0) is 0 Å². The summed E-state index contributed by atoms with van der Waals surface area (Å²) in [5.74, 6) is 0.838. The Hall–Kier alpha value is -3.28. The maximum absolute atomic E-state index is 10.7. The van der Waals surface area contributed by atoms with E-state index in [4.69, 9.17) is 4.52 Å². The standard InChI is InChI=1S/C16H11N3O3/c20-19(21)14-8-4-5-12(11-14)9-10-15-17-16(18-22-15)13-6-2-1-3-7-13/h1-11H. The summed E-state index contributed by atoms with van der Waals surface area (Å²) < 4.78 is 5.14. The van der Waals surface area contributed by atoms with Gasteiger partial charge in [0.05, 0.1) is 4.92 Å². The average Bonchev–Trinajstić information content (AvgIpc) is 3.03. The summed E-state index contributed by atoms with van der Waals surface area (Å²) in [5.41, 5.74) is 1.59. The van der Waals surface area contributed by atoms with Crippen molar-refractivity contribution in [3.63, 3.8) is 0 Å². The molecule has 6 heteroatoms. The molecule has 0 aliphatic heterocycles. The molecular weight excluding hydrogens is 282 g/mol. The van der Waals surface area contributed by atoms with Gasteiger partial charge >= 0.3 is 0 Å². The highest BCUT2D eigenvalue weighted by atomic mass is 16.6. The number of nitro benzene ring substituents is 1. The molecule has 3 rings (SSSR count). The first-order valence-corrected chi connectivity index (χ1v) is 6.54. The van der Waals surface area contributed by atoms with Crippen molar-refractivity contribution >= 4 is 17.8 Å². The Bertz CT molecular complexity index is 825. The Labute approximate surface area is 125 Å². The zero-order valence-electron chi connectivity index (χ0n) is 11.4. The summed E-state index contributed by atoms with van der Waals surface area (Å²) in [4.78, 5) is 14.5. The number of nitro groups is 1. The molecule has 6 nitrogen and oxygen atoms in total. The molecule has 0 fully saturated rings. The van der Waals surface area contributed by atoms with Gasteiger partial charge in [0.15, 0.2) is 0 Å². The van der Waals surface area contributed by atoms with Crippen LogP contribution in [0.15, 0.2) is 59.1 Å². The third-order valence-corrected chi connectivity index (χ3v) is 2.97. The third-order valence-electron chi connectivity index (χ3n) is 2.97. The molecule has 0 N–H and O–H groups in total. The molecular formula is C16H11N3O3. The smallest absolute Gasteiger partial charge is 0.270 e. The van der Waals surface area contributed by atoms with Crippen LogP contribution in [0, 0.1) is 10.1 Å². The number of benzene rings is 2. The molecule has 0 aliphatic rings. The largest absolute Gasteiger partial charge is 0.334 e. The van der Waals surface area contributed by atoms with E-state index in [2.05, 4.69) is 10.1 Å². The first-order valence-electron chi connectivity index (χ1n) is 6.54. The Morgan fingerprint density at radius 2 is 1.86 bits per heavy atom. The molecule has 0 saturated heterocycles. The summed E-state index contributed by atoms with van der Waals surface area (Å²) in [6.45, 7) is 0. The quantitative estimate of drug-likeness (QED) is 0.539. The van der Waals surface area contributed by atoms with Crippen molar-refractivity contribution in [2.45, 2.75) is 0 Å². The van der Waals surface area contributed by atoms with Crippen LogP contribution in [0.2, 0.25) is 0 Å². The predicted octanol–water partition coefficient (Wildman–Crippen LogP) is 3.82. The van der Waals surface area contributed by atoms with Crippen molar-refractivity contribution in [3.8, 4) is 11.4 Å². The van der Waals surface area contributed by atoms with Gasteiger partial charge in [0, 0.05) is 23.8 Å². The summed E-state index contributed by atoms with van der Waals surface area (Å²) >= 11 is 0. The summed E-state index contributed by atoms with van der Waals surface area (Å²) in [7, 11) is 0. The molecule has 0 unspecified atom stereocenters. The van der Waals surface area contributed by atoms with Crippen molar-refractivity contribution in [2.75, 3.05) is 0 Å². The molecule has 0 aliphatic carbocycles. The van der Waals surface area contributed by atoms with Crippen LogP contribution in [-0.4, -0.2) is 15.1 Å². The molecule has 1 aromatic heterocycles. The average molecular weight is 293 g/mol. The van der Waals surface area contributed by atoms with Gasteiger partial charge in [0.2, 0.25) is 5.82 Å². The number of non-ortho nitro benzene ring substituents is 1. The topological polar surface area (TPSA) is 82.1 Å². The van der Waals surface area contributed by atoms with Crippen LogP contribution in [0.5, 0.6) is 0 Å². The van der Waals surface area contributed by atoms with Crippen LogP contribution in [0.25, 0.3) is 23.5 Å². The van der Waals surface area contributed by atoms with Crippen molar-refractivity contribution in [2.24, 2.45) is 0 Å². The minimum atomic E-state index is -0.433. The normalized spacial score (nSPS) is 10.9. The second kappa shape index (κ2) is 6.01. The lowest BCUT2D eigenvalue weighted by Crippen LogP contribution is -1.87. The fraction of sp³-hybridized carbons (Fsp3) is 0. The van der Waals surface area contributed by atoms with Gasteiger partial charge in [-0.15, -0.1) is 0 Å². The van der Waals surface area contributed by atoms with E-state index in [0.29, 0.717) is 17.3 Å². The van der Waals surface area contributed by atoms with Gasteiger partial charge in [-0.1, -0.05) is 47.6 Å². The fourth-order valence-corrected chi connectivity index (χ4v) is 1.92. The number of aromatic nitrogens is 2. The summed E-state index contributed by atoms with van der Waals surface area (Å²) in [5, 5.41) is 14.6. The minimum Gasteiger partial charge on any atom is -0.334 e. The van der Waals surface area contributed by atoms with E-state index in [1.807, 2.05) is 30.3 Å². The van der Waals surface area contributed by atoms with Gasteiger partial charge in [-0.3, -0.25) is 10.1 Å². The minimum absolute atomic E-state index is 0.0395. The van der Waals surface area contributed by atoms with Crippen molar-refractivity contribution in [1.82, 2.24) is 10.1 Å². The number of hydrogen-bond acceptors (Lipinski definition) is 5. The molecule has 0 radical (unpaired) electrons. The number of rotatable bonds is 4. The zero-order valence-corrected chi connectivity index (χ0v) is 11.4. The second-order valence-electron chi connectivity index (χ2n) is 4.51. The van der Waals surface area contributed by atoms with Crippen LogP contribution >= 0.6 is 0 Å². The van der Waals surface area contributed by atoms with E-state index in [1.165, 1.54) is 12.1 Å². The lowest BCUT2D eigenvalue weighted by molar-refractivity contribution is -0.384. The Kier molecular flexibility index (Phi) is 3.74. The molecule has 0 saturated carbocycles. The monoisotopic (exact) mass is 293 g/mol. The van der Waals surface area contributed by atoms with E-state index in [0.717, 1.165) is 5.56 Å². The van der Waals surface area contributed by atoms with Crippen molar-refractivity contribution in [3.05, 3.63) is 76.2 Å². The molecule has 0 bridgehead atoms. The van der Waals surface area contributed by atoms with Gasteiger partial charge in [-0.25, -0.2) is 0 Å². The first kappa shape index (κ1) is 13.7. The Morgan fingerprint density at radius 1 is 1.05 bits per heavy atom. The first-order chi connectivity index (χ1) is 10.7. The number of hydrogen-bond donors (Lipinski definition) is 0. The van der Waals surface area contributed by atoms with E-state index in [1.54, 1.807) is 24.3 Å². The SMILES string of the molecule is O=[N+]([O-])c1cccc(C=Cc2nc(-c3ccccc3)no2)c1. The molecule has 108 valence electrons. The lowest BCUT2D eigenvalue weighted by Gasteiger charge is -1.93. The maximum atomic E-state index is 10.7. The Morgan fingerprint density at radius 3 is 2.64 bits per heavy atom. The van der Waals surface area contributed by atoms with Crippen LogP contribution in [0.1, 0.15) is 11.5 Å². The van der Waals surface area contributed by atoms with E-state index in [-0.39, 0.29) is 5.69 Å². The lowest BCUT2D eigenvalue weighted by atomic mass is 10.2. The van der Waals surface area contributed by atoms with Crippen molar-refractivity contribution in [1.29, 1.82) is 0 Å². The molecule has 1 heterocycles. The summed E-state index contributed by atoms with van der Waals surface area (Å²) in [6, 6.07) is 15.8. The highest BCUT2D eigenvalue weighted by molar-refractivity contribution is 5.68. The molecule has 3 aromatic rings. The fourth-order valence-electron chi connectivity index (χ4n) is 1.92. The van der Waals surface area contributed by atoms with Gasteiger partial charge in [0.1, 0.15) is 0 Å². The molecule has 22 heavy (non-hydrogen) atoms.